The van der Waals surface area contributed by atoms with Crippen LogP contribution < -0.4 is 18.9 Å². The van der Waals surface area contributed by atoms with Crippen molar-refractivity contribution >= 4 is 17.4 Å². The van der Waals surface area contributed by atoms with Crippen molar-refractivity contribution < 1.29 is 33.6 Å². The topological polar surface area (TPSA) is 97.8 Å². The molecular weight excluding hydrogens is 512 g/mol. The molecule has 40 heavy (non-hydrogen) atoms. The third-order valence-electron chi connectivity index (χ3n) is 7.42. The van der Waals surface area contributed by atoms with E-state index in [9.17, 15) is 14.7 Å². The van der Waals surface area contributed by atoms with Gasteiger partial charge >= 0.3 is 0 Å². The monoisotopic (exact) mass is 552 g/mol. The van der Waals surface area contributed by atoms with E-state index in [0.717, 1.165) is 32.4 Å². The van der Waals surface area contributed by atoms with E-state index < -0.39 is 17.7 Å². The Bertz CT molecular complexity index is 1240. The van der Waals surface area contributed by atoms with Crippen LogP contribution in [0.1, 0.15) is 57.2 Å². The van der Waals surface area contributed by atoms with E-state index in [2.05, 4.69) is 25.7 Å². The number of aliphatic hydroxyl groups excluding tert-OH is 1. The Morgan fingerprint density at radius 2 is 1.75 bits per heavy atom. The number of carbonyl (C=O) groups is 2. The van der Waals surface area contributed by atoms with Gasteiger partial charge in [-0.3, -0.25) is 9.59 Å². The summed E-state index contributed by atoms with van der Waals surface area (Å²) in [4.78, 5) is 30.6. The number of ether oxygens (including phenoxy) is 4. The van der Waals surface area contributed by atoms with Crippen molar-refractivity contribution in [2.75, 3.05) is 53.1 Å². The molecule has 0 bridgehead atoms. The molecule has 216 valence electrons. The van der Waals surface area contributed by atoms with E-state index >= 15 is 0 Å². The summed E-state index contributed by atoms with van der Waals surface area (Å²) in [6, 6.07) is 9.61. The summed E-state index contributed by atoms with van der Waals surface area (Å²) in [5.74, 6) is 0.513. The number of amides is 1. The van der Waals surface area contributed by atoms with Gasteiger partial charge in [0.15, 0.2) is 23.0 Å². The number of likely N-dealkylation sites (N-methyl/N-ethyl adjacent to an activating group) is 1. The zero-order chi connectivity index (χ0) is 28.6. The van der Waals surface area contributed by atoms with Crippen LogP contribution in [0.25, 0.3) is 5.76 Å². The molecule has 9 heteroatoms. The molecule has 0 aromatic heterocycles. The molecule has 2 heterocycles. The second kappa shape index (κ2) is 13.6. The van der Waals surface area contributed by atoms with Crippen LogP contribution in [0.3, 0.4) is 0 Å². The lowest BCUT2D eigenvalue weighted by Gasteiger charge is -2.28. The van der Waals surface area contributed by atoms with Gasteiger partial charge in [-0.2, -0.15) is 0 Å². The summed E-state index contributed by atoms with van der Waals surface area (Å²) >= 11 is 0. The van der Waals surface area contributed by atoms with Crippen molar-refractivity contribution in [1.29, 1.82) is 0 Å². The molecule has 4 rings (SSSR count). The van der Waals surface area contributed by atoms with Crippen molar-refractivity contribution in [1.82, 2.24) is 9.80 Å². The minimum Gasteiger partial charge on any atom is -0.507 e. The Hall–Kier alpha value is -3.72. The number of nitrogens with zero attached hydrogens (tertiary/aromatic N) is 2. The first-order valence-electron chi connectivity index (χ1n) is 14.1. The number of benzene rings is 2. The fourth-order valence-corrected chi connectivity index (χ4v) is 5.10. The maximum atomic E-state index is 13.5. The van der Waals surface area contributed by atoms with Crippen molar-refractivity contribution in [2.24, 2.45) is 0 Å². The van der Waals surface area contributed by atoms with Gasteiger partial charge in [0.05, 0.1) is 25.3 Å². The number of likely N-dealkylation sites (tertiary alicyclic amines) is 1. The minimum absolute atomic E-state index is 0.0277. The van der Waals surface area contributed by atoms with Gasteiger partial charge in [0, 0.05) is 18.7 Å². The highest BCUT2D eigenvalue weighted by atomic mass is 16.6. The molecule has 1 unspecified atom stereocenters. The molecule has 0 aliphatic carbocycles. The quantitative estimate of drug-likeness (QED) is 0.164. The molecule has 2 aromatic carbocycles. The van der Waals surface area contributed by atoms with E-state index in [1.165, 1.54) is 0 Å². The van der Waals surface area contributed by atoms with E-state index in [4.69, 9.17) is 18.9 Å². The second-order valence-corrected chi connectivity index (χ2v) is 9.84. The highest BCUT2D eigenvalue weighted by Crippen LogP contribution is 2.43. The molecule has 1 amide bonds. The smallest absolute Gasteiger partial charge is 0.295 e. The standard InChI is InChI=1S/C31H40N2O7/c1-5-8-9-16-38-23-12-10-21(19-25(23)37-4)28-27(30(35)31(36)33(28)15-14-32(6-2)7-3)29(34)22-11-13-24-26(20-22)40-18-17-39-24/h10-13,19-20,28,34H,5-9,14-18H2,1-4H3/b29-27-. The van der Waals surface area contributed by atoms with Crippen LogP contribution in [-0.4, -0.2) is 79.7 Å². The third-order valence-corrected chi connectivity index (χ3v) is 7.42. The summed E-state index contributed by atoms with van der Waals surface area (Å²) < 4.78 is 22.9. The zero-order valence-electron chi connectivity index (χ0n) is 23.9. The minimum atomic E-state index is -0.799. The molecule has 0 spiro atoms. The first kappa shape index (κ1) is 29.3. The van der Waals surface area contributed by atoms with Crippen LogP contribution in [0.4, 0.5) is 0 Å². The molecule has 1 fully saturated rings. The molecule has 2 aromatic rings. The van der Waals surface area contributed by atoms with Gasteiger partial charge in [0.1, 0.15) is 19.0 Å². The van der Waals surface area contributed by atoms with E-state index in [-0.39, 0.29) is 11.3 Å². The highest BCUT2D eigenvalue weighted by molar-refractivity contribution is 6.46. The normalized spacial score (nSPS) is 17.9. The zero-order valence-corrected chi connectivity index (χ0v) is 23.9. The maximum absolute atomic E-state index is 13.5. The first-order chi connectivity index (χ1) is 19.4. The highest BCUT2D eigenvalue weighted by Gasteiger charge is 2.46. The van der Waals surface area contributed by atoms with Crippen LogP contribution in [-0.2, 0) is 9.59 Å². The third kappa shape index (κ3) is 6.20. The van der Waals surface area contributed by atoms with Crippen LogP contribution >= 0.6 is 0 Å². The Balaban J connectivity index is 1.76. The van der Waals surface area contributed by atoms with Crippen LogP contribution in [0.2, 0.25) is 0 Å². The van der Waals surface area contributed by atoms with Gasteiger partial charge in [-0.05, 0) is 55.4 Å². The van der Waals surface area contributed by atoms with Crippen LogP contribution in [0.15, 0.2) is 42.0 Å². The van der Waals surface area contributed by atoms with Crippen LogP contribution in [0.5, 0.6) is 23.0 Å². The fourth-order valence-electron chi connectivity index (χ4n) is 5.10. The van der Waals surface area contributed by atoms with Gasteiger partial charge in [0.25, 0.3) is 11.7 Å². The lowest BCUT2D eigenvalue weighted by Crippen LogP contribution is -2.38. The van der Waals surface area contributed by atoms with Crippen molar-refractivity contribution in [3.63, 3.8) is 0 Å². The largest absolute Gasteiger partial charge is 0.507 e. The predicted octanol–water partition coefficient (Wildman–Crippen LogP) is 4.80. The summed E-state index contributed by atoms with van der Waals surface area (Å²) in [7, 11) is 1.56. The number of aliphatic hydroxyl groups is 1. The second-order valence-electron chi connectivity index (χ2n) is 9.84. The number of fused-ring (bicyclic) bond motifs is 1. The SMILES string of the molecule is CCCCCOc1ccc(C2/C(=C(/O)c3ccc4c(c3)OCCO4)C(=O)C(=O)N2CCN(CC)CC)cc1OC. The number of unbranched alkanes of at least 4 members (excludes halogenated alkanes) is 2. The first-order valence-corrected chi connectivity index (χ1v) is 14.1. The number of hydrogen-bond acceptors (Lipinski definition) is 8. The molecular formula is C31H40N2O7. The number of ketones is 1. The number of rotatable bonds is 13. The Kier molecular flexibility index (Phi) is 9.93. The summed E-state index contributed by atoms with van der Waals surface area (Å²) in [6.07, 6.45) is 3.10. The van der Waals surface area contributed by atoms with Crippen molar-refractivity contribution in [3.8, 4) is 23.0 Å². The Labute approximate surface area is 236 Å². The number of methoxy groups -OCH3 is 1. The molecule has 0 saturated carbocycles. The van der Waals surface area contributed by atoms with Gasteiger partial charge in [-0.25, -0.2) is 0 Å². The Morgan fingerprint density at radius 1 is 1.00 bits per heavy atom. The summed E-state index contributed by atoms with van der Waals surface area (Å²) in [5, 5.41) is 11.5. The van der Waals surface area contributed by atoms with Crippen molar-refractivity contribution in [3.05, 3.63) is 53.1 Å². The van der Waals surface area contributed by atoms with E-state index in [1.807, 2.05) is 6.07 Å². The van der Waals surface area contributed by atoms with E-state index in [0.29, 0.717) is 67.0 Å². The summed E-state index contributed by atoms with van der Waals surface area (Å²) in [5.41, 5.74) is 1.05. The molecule has 2 aliphatic heterocycles. The molecule has 1 N–H and O–H groups in total. The summed E-state index contributed by atoms with van der Waals surface area (Å²) in [6.45, 7) is 10.2. The van der Waals surface area contributed by atoms with Crippen LogP contribution in [0, 0.1) is 0 Å². The lowest BCUT2D eigenvalue weighted by atomic mass is 9.94. The van der Waals surface area contributed by atoms with Gasteiger partial charge in [0.2, 0.25) is 0 Å². The lowest BCUT2D eigenvalue weighted by molar-refractivity contribution is -0.140. The Morgan fingerprint density at radius 3 is 2.45 bits per heavy atom. The van der Waals surface area contributed by atoms with Gasteiger partial charge < -0.3 is 33.9 Å². The number of carbonyl (C=O) groups excluding carboxylic acids is 2. The molecule has 2 aliphatic rings. The van der Waals surface area contributed by atoms with Gasteiger partial charge in [-0.1, -0.05) is 39.7 Å². The predicted molar refractivity (Wildman–Crippen MR) is 152 cm³/mol. The average molecular weight is 553 g/mol. The number of Topliss-reactive ketones (excluding diaryl/α,β-unsaturated/α-hetero) is 1. The molecule has 9 nitrogen and oxygen atoms in total. The molecule has 1 saturated heterocycles. The maximum Gasteiger partial charge on any atom is 0.295 e. The van der Waals surface area contributed by atoms with Crippen molar-refractivity contribution in [2.45, 2.75) is 46.1 Å². The van der Waals surface area contributed by atoms with E-state index in [1.54, 1.807) is 42.3 Å². The number of hydrogen-bond donors (Lipinski definition) is 1. The molecule has 0 radical (unpaired) electrons. The molecule has 1 atom stereocenters. The fraction of sp³-hybridized carbons (Fsp3) is 0.484. The van der Waals surface area contributed by atoms with Gasteiger partial charge in [-0.15, -0.1) is 0 Å². The average Bonchev–Trinajstić information content (AvgIpc) is 3.24.